The number of benzene rings is 1. The monoisotopic (exact) mass is 372 g/mol. The van der Waals surface area contributed by atoms with Crippen molar-refractivity contribution in [2.45, 2.75) is 24.9 Å². The first-order valence-corrected chi connectivity index (χ1v) is 8.83. The molecule has 0 saturated carbocycles. The van der Waals surface area contributed by atoms with Crippen molar-refractivity contribution in [1.82, 2.24) is 10.0 Å². The van der Waals surface area contributed by atoms with E-state index in [1.165, 1.54) is 6.07 Å². The van der Waals surface area contributed by atoms with Gasteiger partial charge in [0.15, 0.2) is 4.67 Å². The molecule has 114 valence electrons. The minimum absolute atomic E-state index is 0.117. The Hall–Kier alpha value is -1.15. The summed E-state index contributed by atoms with van der Waals surface area (Å²) in [5, 5.41) is 3.08. The Balaban J connectivity index is 2.10. The van der Waals surface area contributed by atoms with Gasteiger partial charge in [0.2, 0.25) is 10.0 Å². The number of hydrogen-bond donors (Lipinski definition) is 2. The van der Waals surface area contributed by atoms with Gasteiger partial charge in [-0.1, -0.05) is 37.3 Å². The minimum Gasteiger partial charge on any atom is -0.452 e. The maximum Gasteiger partial charge on any atom is 0.245 e. The Kier molecular flexibility index (Phi) is 5.58. The van der Waals surface area contributed by atoms with Crippen molar-refractivity contribution in [1.29, 1.82) is 0 Å². The molecule has 2 N–H and O–H groups in total. The summed E-state index contributed by atoms with van der Waals surface area (Å²) in [6.07, 6.45) is 0. The quantitative estimate of drug-likeness (QED) is 0.783. The number of hydrogen-bond acceptors (Lipinski definition) is 4. The SMILES string of the molecule is CCNCc1cc(S(=O)(=O)NCc2ccccc2)c(Br)o1. The standard InChI is InChI=1S/C14H17BrN2O3S/c1-2-16-10-12-8-13(14(15)20-12)21(18,19)17-9-11-6-4-3-5-7-11/h3-8,16-17H,2,9-10H2,1H3. The fourth-order valence-electron chi connectivity index (χ4n) is 1.77. The number of halogens is 1. The molecular formula is C14H17BrN2O3S. The van der Waals surface area contributed by atoms with Gasteiger partial charge in [0.25, 0.3) is 0 Å². The fourth-order valence-corrected chi connectivity index (χ4v) is 3.78. The van der Waals surface area contributed by atoms with E-state index in [1.54, 1.807) is 0 Å². The van der Waals surface area contributed by atoms with Crippen LogP contribution < -0.4 is 10.0 Å². The van der Waals surface area contributed by atoms with E-state index in [2.05, 4.69) is 26.0 Å². The van der Waals surface area contributed by atoms with Crippen molar-refractivity contribution >= 4 is 26.0 Å². The lowest BCUT2D eigenvalue weighted by molar-refractivity contribution is 0.464. The normalized spacial score (nSPS) is 11.7. The van der Waals surface area contributed by atoms with E-state index >= 15 is 0 Å². The van der Waals surface area contributed by atoms with Crippen LogP contribution in [0.4, 0.5) is 0 Å². The molecule has 0 radical (unpaired) electrons. The predicted octanol–water partition coefficient (Wildman–Crippen LogP) is 2.63. The number of furan rings is 1. The highest BCUT2D eigenvalue weighted by atomic mass is 79.9. The third-order valence-electron chi connectivity index (χ3n) is 2.85. The lowest BCUT2D eigenvalue weighted by atomic mass is 10.2. The number of rotatable bonds is 7. The lowest BCUT2D eigenvalue weighted by Gasteiger charge is -2.05. The summed E-state index contributed by atoms with van der Waals surface area (Å²) in [7, 11) is -3.61. The minimum atomic E-state index is -3.61. The van der Waals surface area contributed by atoms with Gasteiger partial charge in [-0.2, -0.15) is 0 Å². The van der Waals surface area contributed by atoms with Crippen molar-refractivity contribution in [3.63, 3.8) is 0 Å². The highest BCUT2D eigenvalue weighted by Crippen LogP contribution is 2.26. The molecule has 1 heterocycles. The van der Waals surface area contributed by atoms with Crippen LogP contribution in [0.5, 0.6) is 0 Å². The lowest BCUT2D eigenvalue weighted by Crippen LogP contribution is -2.23. The van der Waals surface area contributed by atoms with E-state index in [1.807, 2.05) is 37.3 Å². The van der Waals surface area contributed by atoms with Crippen LogP contribution in [-0.2, 0) is 23.1 Å². The van der Waals surface area contributed by atoms with Crippen LogP contribution in [-0.4, -0.2) is 15.0 Å². The van der Waals surface area contributed by atoms with E-state index in [0.29, 0.717) is 12.3 Å². The van der Waals surface area contributed by atoms with Gasteiger partial charge in [-0.05, 0) is 28.0 Å². The van der Waals surface area contributed by atoms with Gasteiger partial charge in [0.1, 0.15) is 10.7 Å². The van der Waals surface area contributed by atoms with Crippen molar-refractivity contribution in [3.05, 3.63) is 52.4 Å². The molecule has 0 unspecified atom stereocenters. The van der Waals surface area contributed by atoms with E-state index in [0.717, 1.165) is 12.1 Å². The maximum absolute atomic E-state index is 12.3. The zero-order valence-corrected chi connectivity index (χ0v) is 14.0. The topological polar surface area (TPSA) is 71.3 Å². The van der Waals surface area contributed by atoms with Crippen LogP contribution in [0.1, 0.15) is 18.2 Å². The average Bonchev–Trinajstić information content (AvgIpc) is 2.86. The molecular weight excluding hydrogens is 356 g/mol. The smallest absolute Gasteiger partial charge is 0.245 e. The molecule has 0 amide bonds. The summed E-state index contributed by atoms with van der Waals surface area (Å²) >= 11 is 3.16. The van der Waals surface area contributed by atoms with E-state index in [9.17, 15) is 8.42 Å². The van der Waals surface area contributed by atoms with Crippen LogP contribution in [0.2, 0.25) is 0 Å². The molecule has 0 saturated heterocycles. The number of sulfonamides is 1. The number of nitrogens with one attached hydrogen (secondary N) is 2. The van der Waals surface area contributed by atoms with E-state index < -0.39 is 10.0 Å². The molecule has 7 heteroatoms. The molecule has 0 bridgehead atoms. The average molecular weight is 373 g/mol. The summed E-state index contributed by atoms with van der Waals surface area (Å²) in [6.45, 7) is 3.48. The molecule has 2 rings (SSSR count). The van der Waals surface area contributed by atoms with Crippen LogP contribution in [0.15, 0.2) is 50.4 Å². The third-order valence-corrected chi connectivity index (χ3v) is 5.11. The summed E-state index contributed by atoms with van der Waals surface area (Å²) in [4.78, 5) is 0.117. The molecule has 0 aliphatic carbocycles. The predicted molar refractivity (Wildman–Crippen MR) is 84.3 cm³/mol. The highest BCUT2D eigenvalue weighted by molar-refractivity contribution is 9.10. The van der Waals surface area contributed by atoms with E-state index in [-0.39, 0.29) is 16.1 Å². The first kappa shape index (κ1) is 16.2. The summed E-state index contributed by atoms with van der Waals surface area (Å²) in [6, 6.07) is 10.9. The summed E-state index contributed by atoms with van der Waals surface area (Å²) in [5.74, 6) is 0.573. The molecule has 0 fully saturated rings. The molecule has 0 spiro atoms. The van der Waals surface area contributed by atoms with Gasteiger partial charge < -0.3 is 9.73 Å². The second-order valence-electron chi connectivity index (χ2n) is 4.44. The van der Waals surface area contributed by atoms with Crippen LogP contribution in [0, 0.1) is 0 Å². The van der Waals surface area contributed by atoms with Gasteiger partial charge in [-0.3, -0.25) is 0 Å². The van der Waals surface area contributed by atoms with Crippen molar-refractivity contribution in [2.24, 2.45) is 0 Å². The Bertz CT molecular complexity index is 683. The van der Waals surface area contributed by atoms with E-state index in [4.69, 9.17) is 4.42 Å². The Labute approximate surface area is 132 Å². The van der Waals surface area contributed by atoms with Gasteiger partial charge in [0, 0.05) is 12.6 Å². The summed E-state index contributed by atoms with van der Waals surface area (Å²) < 4.78 is 32.8. The molecule has 1 aromatic heterocycles. The third kappa shape index (κ3) is 4.41. The largest absolute Gasteiger partial charge is 0.452 e. The van der Waals surface area contributed by atoms with Crippen molar-refractivity contribution in [2.75, 3.05) is 6.54 Å². The first-order chi connectivity index (χ1) is 10.0. The second-order valence-corrected chi connectivity index (χ2v) is 6.90. The zero-order valence-electron chi connectivity index (χ0n) is 11.6. The Morgan fingerprint density at radius 2 is 1.90 bits per heavy atom. The van der Waals surface area contributed by atoms with Gasteiger partial charge >= 0.3 is 0 Å². The summed E-state index contributed by atoms with van der Waals surface area (Å²) in [5.41, 5.74) is 0.897. The second kappa shape index (κ2) is 7.22. The molecule has 2 aromatic rings. The zero-order chi connectivity index (χ0) is 15.3. The van der Waals surface area contributed by atoms with Gasteiger partial charge in [-0.15, -0.1) is 0 Å². The molecule has 21 heavy (non-hydrogen) atoms. The van der Waals surface area contributed by atoms with Gasteiger partial charge in [0.05, 0.1) is 6.54 Å². The molecule has 0 atom stereocenters. The maximum atomic E-state index is 12.3. The molecule has 1 aromatic carbocycles. The van der Waals surface area contributed by atoms with Crippen molar-refractivity contribution in [3.8, 4) is 0 Å². The van der Waals surface area contributed by atoms with Crippen LogP contribution in [0.3, 0.4) is 0 Å². The molecule has 0 aliphatic heterocycles. The molecule has 0 aliphatic rings. The van der Waals surface area contributed by atoms with Crippen LogP contribution >= 0.6 is 15.9 Å². The highest BCUT2D eigenvalue weighted by Gasteiger charge is 2.22. The van der Waals surface area contributed by atoms with Crippen LogP contribution in [0.25, 0.3) is 0 Å². The Morgan fingerprint density at radius 1 is 1.19 bits per heavy atom. The first-order valence-electron chi connectivity index (χ1n) is 6.55. The Morgan fingerprint density at radius 3 is 2.57 bits per heavy atom. The molecule has 5 nitrogen and oxygen atoms in total. The van der Waals surface area contributed by atoms with Crippen molar-refractivity contribution < 1.29 is 12.8 Å². The fraction of sp³-hybridized carbons (Fsp3) is 0.286. The van der Waals surface area contributed by atoms with Gasteiger partial charge in [-0.25, -0.2) is 13.1 Å².